The van der Waals surface area contributed by atoms with E-state index in [9.17, 15) is 14.4 Å². The third kappa shape index (κ3) is 4.81. The molecule has 3 rings (SSSR count). The number of ether oxygens (including phenoxy) is 1. The van der Waals surface area contributed by atoms with Crippen molar-refractivity contribution in [2.75, 3.05) is 19.7 Å². The van der Waals surface area contributed by atoms with Crippen LogP contribution in [0.5, 0.6) is 5.75 Å². The number of carbonyl (C=O) groups is 3. The quantitative estimate of drug-likeness (QED) is 0.759. The van der Waals surface area contributed by atoms with E-state index >= 15 is 0 Å². The van der Waals surface area contributed by atoms with Crippen molar-refractivity contribution in [1.82, 2.24) is 15.2 Å². The Kier molecular flexibility index (Phi) is 5.65. The minimum Gasteiger partial charge on any atom is -0.492 e. The Morgan fingerprint density at radius 3 is 2.78 bits per heavy atom. The standard InChI is InChI=1S/C19H19N3O5/c23-17-11-14(12-22(17)8-9-27-15-4-2-1-3-5-15)21-18(24)16-10-13(19(25)26)6-7-20-16/h1-7,10,14H,8-9,11-12H2,(H,21,24)(H,25,26). The number of amides is 2. The van der Waals surface area contributed by atoms with Gasteiger partial charge in [0.05, 0.1) is 18.2 Å². The number of likely N-dealkylation sites (tertiary alicyclic amines) is 1. The molecule has 1 fully saturated rings. The lowest BCUT2D eigenvalue weighted by Gasteiger charge is -2.17. The van der Waals surface area contributed by atoms with Gasteiger partial charge in [0.15, 0.2) is 0 Å². The highest BCUT2D eigenvalue weighted by Gasteiger charge is 2.30. The van der Waals surface area contributed by atoms with Gasteiger partial charge in [0.2, 0.25) is 5.91 Å². The predicted molar refractivity (Wildman–Crippen MR) is 95.6 cm³/mol. The van der Waals surface area contributed by atoms with Gasteiger partial charge in [-0.05, 0) is 24.3 Å². The van der Waals surface area contributed by atoms with Gasteiger partial charge >= 0.3 is 5.97 Å². The Labute approximate surface area is 155 Å². The van der Waals surface area contributed by atoms with Gasteiger partial charge in [0.25, 0.3) is 5.91 Å². The topological polar surface area (TPSA) is 109 Å². The number of carbonyl (C=O) groups excluding carboxylic acids is 2. The van der Waals surface area contributed by atoms with Gasteiger partial charge in [-0.3, -0.25) is 14.6 Å². The average Bonchev–Trinajstić information content (AvgIpc) is 3.02. The summed E-state index contributed by atoms with van der Waals surface area (Å²) in [5, 5.41) is 11.7. The van der Waals surface area contributed by atoms with Gasteiger partial charge in [0, 0.05) is 19.2 Å². The second-order valence-electron chi connectivity index (χ2n) is 6.11. The number of hydrogen-bond acceptors (Lipinski definition) is 5. The first-order valence-corrected chi connectivity index (χ1v) is 8.49. The van der Waals surface area contributed by atoms with Crippen LogP contribution in [0.1, 0.15) is 27.3 Å². The number of aromatic nitrogens is 1. The summed E-state index contributed by atoms with van der Waals surface area (Å²) >= 11 is 0. The van der Waals surface area contributed by atoms with Crippen LogP contribution in [0.15, 0.2) is 48.7 Å². The molecule has 1 saturated heterocycles. The molecular weight excluding hydrogens is 350 g/mol. The van der Waals surface area contributed by atoms with E-state index in [-0.39, 0.29) is 29.6 Å². The molecule has 0 saturated carbocycles. The SMILES string of the molecule is O=C(O)c1ccnc(C(=O)NC2CC(=O)N(CCOc3ccccc3)C2)c1. The van der Waals surface area contributed by atoms with E-state index in [1.807, 2.05) is 30.3 Å². The van der Waals surface area contributed by atoms with Crippen LogP contribution >= 0.6 is 0 Å². The number of para-hydroxylation sites is 1. The summed E-state index contributed by atoms with van der Waals surface area (Å²) in [4.78, 5) is 40.9. The van der Waals surface area contributed by atoms with Crippen LogP contribution in [0.2, 0.25) is 0 Å². The van der Waals surface area contributed by atoms with Crippen molar-refractivity contribution in [1.29, 1.82) is 0 Å². The van der Waals surface area contributed by atoms with Crippen molar-refractivity contribution in [3.05, 3.63) is 59.9 Å². The van der Waals surface area contributed by atoms with Crippen LogP contribution in [0.3, 0.4) is 0 Å². The maximum atomic E-state index is 12.3. The molecule has 2 amide bonds. The predicted octanol–water partition coefficient (Wildman–Crippen LogP) is 1.19. The number of nitrogens with zero attached hydrogens (tertiary/aromatic N) is 2. The molecule has 1 atom stereocenters. The van der Waals surface area contributed by atoms with E-state index in [2.05, 4.69) is 10.3 Å². The van der Waals surface area contributed by atoms with Gasteiger partial charge in [-0.1, -0.05) is 18.2 Å². The summed E-state index contributed by atoms with van der Waals surface area (Å²) in [6, 6.07) is 11.5. The first kappa shape index (κ1) is 18.4. The highest BCUT2D eigenvalue weighted by molar-refractivity contribution is 5.96. The van der Waals surface area contributed by atoms with Crippen LogP contribution < -0.4 is 10.1 Å². The van der Waals surface area contributed by atoms with E-state index in [1.54, 1.807) is 4.90 Å². The van der Waals surface area contributed by atoms with Crippen molar-refractivity contribution in [2.24, 2.45) is 0 Å². The smallest absolute Gasteiger partial charge is 0.335 e. The lowest BCUT2D eigenvalue weighted by Crippen LogP contribution is -2.38. The Bertz CT molecular complexity index is 840. The largest absolute Gasteiger partial charge is 0.492 e. The summed E-state index contributed by atoms with van der Waals surface area (Å²) in [6.07, 6.45) is 1.46. The number of carboxylic acids is 1. The fraction of sp³-hybridized carbons (Fsp3) is 0.263. The molecule has 1 aliphatic heterocycles. The number of pyridine rings is 1. The molecule has 1 aliphatic rings. The van der Waals surface area contributed by atoms with Crippen LogP contribution in [0, 0.1) is 0 Å². The monoisotopic (exact) mass is 369 g/mol. The zero-order valence-corrected chi connectivity index (χ0v) is 14.5. The Hall–Kier alpha value is -3.42. The second-order valence-corrected chi connectivity index (χ2v) is 6.11. The number of aromatic carboxylic acids is 1. The van der Waals surface area contributed by atoms with E-state index < -0.39 is 11.9 Å². The number of carboxylic acid groups (broad SMARTS) is 1. The molecular formula is C19H19N3O5. The van der Waals surface area contributed by atoms with Gasteiger partial charge in [-0.25, -0.2) is 4.79 Å². The third-order valence-corrected chi connectivity index (χ3v) is 4.16. The number of hydrogen-bond donors (Lipinski definition) is 2. The van der Waals surface area contributed by atoms with Crippen LogP contribution in [0.25, 0.3) is 0 Å². The fourth-order valence-corrected chi connectivity index (χ4v) is 2.82. The minimum absolute atomic E-state index is 0.00760. The molecule has 140 valence electrons. The highest BCUT2D eigenvalue weighted by Crippen LogP contribution is 2.13. The number of nitrogens with one attached hydrogen (secondary N) is 1. The van der Waals surface area contributed by atoms with Gasteiger partial charge in [0.1, 0.15) is 18.1 Å². The molecule has 0 bridgehead atoms. The molecule has 2 heterocycles. The fourth-order valence-electron chi connectivity index (χ4n) is 2.82. The van der Waals surface area contributed by atoms with Crippen molar-refractivity contribution in [3.8, 4) is 5.75 Å². The van der Waals surface area contributed by atoms with E-state index in [4.69, 9.17) is 9.84 Å². The van der Waals surface area contributed by atoms with Crippen LogP contribution in [-0.2, 0) is 4.79 Å². The molecule has 0 spiro atoms. The van der Waals surface area contributed by atoms with Crippen LogP contribution in [-0.4, -0.2) is 58.5 Å². The summed E-state index contributed by atoms with van der Waals surface area (Å²) < 4.78 is 5.59. The molecule has 1 unspecified atom stereocenters. The lowest BCUT2D eigenvalue weighted by atomic mass is 10.2. The average molecular weight is 369 g/mol. The Morgan fingerprint density at radius 2 is 2.04 bits per heavy atom. The van der Waals surface area contributed by atoms with Crippen molar-refractivity contribution < 1.29 is 24.2 Å². The van der Waals surface area contributed by atoms with Crippen molar-refractivity contribution in [3.63, 3.8) is 0 Å². The van der Waals surface area contributed by atoms with E-state index in [0.29, 0.717) is 19.7 Å². The molecule has 8 heteroatoms. The molecule has 1 aromatic carbocycles. The Balaban J connectivity index is 1.50. The first-order chi connectivity index (χ1) is 13.0. The lowest BCUT2D eigenvalue weighted by molar-refractivity contribution is -0.128. The zero-order chi connectivity index (χ0) is 19.2. The summed E-state index contributed by atoms with van der Waals surface area (Å²) in [7, 11) is 0. The highest BCUT2D eigenvalue weighted by atomic mass is 16.5. The summed E-state index contributed by atoms with van der Waals surface area (Å²) in [6.45, 7) is 1.16. The maximum Gasteiger partial charge on any atom is 0.335 e. The van der Waals surface area contributed by atoms with Crippen molar-refractivity contribution >= 4 is 17.8 Å². The molecule has 27 heavy (non-hydrogen) atoms. The molecule has 2 aromatic rings. The maximum absolute atomic E-state index is 12.3. The summed E-state index contributed by atoms with van der Waals surface area (Å²) in [5.41, 5.74) is -0.00875. The third-order valence-electron chi connectivity index (χ3n) is 4.16. The Morgan fingerprint density at radius 1 is 1.26 bits per heavy atom. The molecule has 0 radical (unpaired) electrons. The molecule has 0 aliphatic carbocycles. The first-order valence-electron chi connectivity index (χ1n) is 8.49. The van der Waals surface area contributed by atoms with Crippen LogP contribution in [0.4, 0.5) is 0 Å². The molecule has 2 N–H and O–H groups in total. The minimum atomic E-state index is -1.13. The number of benzene rings is 1. The van der Waals surface area contributed by atoms with Crippen molar-refractivity contribution in [2.45, 2.75) is 12.5 Å². The summed E-state index contributed by atoms with van der Waals surface area (Å²) in [5.74, 6) is -0.965. The molecule has 8 nitrogen and oxygen atoms in total. The van der Waals surface area contributed by atoms with E-state index in [1.165, 1.54) is 18.3 Å². The normalized spacial score (nSPS) is 16.2. The van der Waals surface area contributed by atoms with Gasteiger partial charge in [-0.15, -0.1) is 0 Å². The van der Waals surface area contributed by atoms with Gasteiger partial charge < -0.3 is 20.1 Å². The molecule has 1 aromatic heterocycles. The number of rotatable bonds is 7. The second kappa shape index (κ2) is 8.31. The van der Waals surface area contributed by atoms with E-state index in [0.717, 1.165) is 5.75 Å². The zero-order valence-electron chi connectivity index (χ0n) is 14.5. The van der Waals surface area contributed by atoms with Gasteiger partial charge in [-0.2, -0.15) is 0 Å².